The number of imidazole rings is 1. The van der Waals surface area contributed by atoms with Crippen molar-refractivity contribution >= 4 is 39.6 Å². The number of aromatic amines is 1. The van der Waals surface area contributed by atoms with E-state index in [0.29, 0.717) is 11.5 Å². The van der Waals surface area contributed by atoms with Crippen molar-refractivity contribution in [1.29, 1.82) is 5.26 Å². The second-order valence-electron chi connectivity index (χ2n) is 16.7. The van der Waals surface area contributed by atoms with Gasteiger partial charge in [-0.3, -0.25) is 33.5 Å². The highest BCUT2D eigenvalue weighted by Crippen LogP contribution is 2.47. The number of carbonyl (C=O) groups is 1. The van der Waals surface area contributed by atoms with Crippen LogP contribution in [-0.2, 0) is 37.9 Å². The number of ether oxygens (including phenoxy) is 4. The molecule has 0 bridgehead atoms. The van der Waals surface area contributed by atoms with Crippen molar-refractivity contribution in [2.75, 3.05) is 32.8 Å². The molecule has 0 saturated carbocycles. The van der Waals surface area contributed by atoms with Gasteiger partial charge in [-0.05, 0) is 59.1 Å². The van der Waals surface area contributed by atoms with Crippen LogP contribution >= 0.6 is 8.25 Å². The van der Waals surface area contributed by atoms with E-state index >= 15 is 0 Å². The molecular weight excluding hydrogens is 832 g/mol. The molecule has 0 aliphatic carbocycles. The van der Waals surface area contributed by atoms with Crippen LogP contribution in [0, 0.1) is 17.2 Å². The van der Waals surface area contributed by atoms with Gasteiger partial charge in [-0.15, -0.1) is 0 Å². The number of hydrogen-bond acceptors (Lipinski definition) is 13. The molecule has 1 amide bonds. The molecule has 1 aliphatic rings. The topological polar surface area (TPSA) is 198 Å². The normalized spacial score (nSPS) is 18.7. The number of rotatable bonds is 18. The van der Waals surface area contributed by atoms with E-state index in [0.717, 1.165) is 16.7 Å². The number of H-pyrrole nitrogens is 1. The van der Waals surface area contributed by atoms with Gasteiger partial charge in [0.2, 0.25) is 11.9 Å². The summed E-state index contributed by atoms with van der Waals surface area (Å²) in [6.45, 7) is 13.7. The second kappa shape index (κ2) is 19.5. The summed E-state index contributed by atoms with van der Waals surface area (Å²) >= 11 is 0. The quantitative estimate of drug-likeness (QED) is 0.0376. The molecule has 1 saturated heterocycles. The summed E-state index contributed by atoms with van der Waals surface area (Å²) in [5.41, 5.74) is 0.584. The maximum atomic E-state index is 13.7. The standard InChI is InChI=1S/C44H55N6O10PSi/c1-28(2)39(51)48-42-47-38-35(40(52)49-42)46-27-50(38)41-37(59-61(53)57-25-13-24-45)36(60-62(8,9)43(3,4)5)34(58-41)26-56-44(29-14-11-10-12-15-29,30-16-20-32(54-6)21-17-30)31-18-22-33(55-7)23-19-31/h10-12,14-23,27-28,34,36-37,41,61H,13,25-26H2,1-9H3,(H2,47,48,49,51,52)/t34-,36+,37+,41-/m1/s1. The number of nitriles is 1. The summed E-state index contributed by atoms with van der Waals surface area (Å²) in [4.78, 5) is 37.6. The van der Waals surface area contributed by atoms with Crippen LogP contribution in [0.4, 0.5) is 5.95 Å². The van der Waals surface area contributed by atoms with Crippen molar-refractivity contribution in [1.82, 2.24) is 19.5 Å². The smallest absolute Gasteiger partial charge is 0.319 e. The van der Waals surface area contributed by atoms with Crippen LogP contribution in [0.2, 0.25) is 18.1 Å². The third-order valence-corrected chi connectivity index (χ3v) is 16.7. The number of benzene rings is 3. The van der Waals surface area contributed by atoms with Gasteiger partial charge in [0.05, 0.1) is 46.3 Å². The molecule has 2 aromatic heterocycles. The lowest BCUT2D eigenvalue weighted by atomic mass is 9.80. The zero-order chi connectivity index (χ0) is 44.8. The van der Waals surface area contributed by atoms with Gasteiger partial charge in [0, 0.05) is 5.92 Å². The van der Waals surface area contributed by atoms with E-state index in [1.54, 1.807) is 28.1 Å². The Hall–Kier alpha value is -5.18. The minimum atomic E-state index is -3.28. The average molecular weight is 887 g/mol. The SMILES string of the molecule is COc1ccc(C(OC[C@H]2O[C@@H](n3cnc4c(=O)[nH]c(NC(=O)C(C)C)nc43)[C@@H](O[PH](=O)OCCC#N)[C@H]2O[Si](C)(C)C(C)(C)C)(c2ccccc2)c2ccc(OC)cc2)cc1. The summed E-state index contributed by atoms with van der Waals surface area (Å²) in [5, 5.41) is 11.5. The van der Waals surface area contributed by atoms with Crippen molar-refractivity contribution in [3.05, 3.63) is 112 Å². The first-order valence-corrected chi connectivity index (χ1v) is 24.5. The fourth-order valence-electron chi connectivity index (χ4n) is 6.89. The van der Waals surface area contributed by atoms with Crippen LogP contribution < -0.4 is 20.3 Å². The number of aromatic nitrogens is 4. The highest BCUT2D eigenvalue weighted by molar-refractivity contribution is 7.33. The second-order valence-corrected chi connectivity index (χ2v) is 22.5. The van der Waals surface area contributed by atoms with E-state index in [1.165, 1.54) is 10.9 Å². The third kappa shape index (κ3) is 9.87. The number of nitrogens with one attached hydrogen (secondary N) is 2. The Morgan fingerprint density at radius 2 is 1.56 bits per heavy atom. The molecule has 0 spiro atoms. The average Bonchev–Trinajstić information content (AvgIpc) is 3.82. The first-order valence-electron chi connectivity index (χ1n) is 20.3. The lowest BCUT2D eigenvalue weighted by Gasteiger charge is -2.41. The summed E-state index contributed by atoms with van der Waals surface area (Å²) in [6, 6.07) is 27.1. The fourth-order valence-corrected chi connectivity index (χ4v) is 9.02. The third-order valence-electron chi connectivity index (χ3n) is 11.3. The van der Waals surface area contributed by atoms with Gasteiger partial charge in [-0.1, -0.05) is 89.2 Å². The van der Waals surface area contributed by atoms with Gasteiger partial charge in [-0.2, -0.15) is 10.2 Å². The molecule has 2 N–H and O–H groups in total. The molecule has 1 aliphatic heterocycles. The van der Waals surface area contributed by atoms with Crippen LogP contribution in [0.25, 0.3) is 11.2 Å². The number of nitrogens with zero attached hydrogens (tertiary/aromatic N) is 4. The molecule has 3 heterocycles. The number of carbonyl (C=O) groups excluding carboxylic acids is 1. The van der Waals surface area contributed by atoms with Crippen molar-refractivity contribution < 1.29 is 41.8 Å². The Morgan fingerprint density at radius 1 is 0.968 bits per heavy atom. The van der Waals surface area contributed by atoms with Gasteiger partial charge in [0.25, 0.3) is 5.56 Å². The molecule has 0 radical (unpaired) electrons. The monoisotopic (exact) mass is 886 g/mol. The van der Waals surface area contributed by atoms with E-state index in [4.69, 9.17) is 32.4 Å². The zero-order valence-corrected chi connectivity index (χ0v) is 38.5. The van der Waals surface area contributed by atoms with E-state index in [1.807, 2.05) is 84.9 Å². The highest BCUT2D eigenvalue weighted by Gasteiger charge is 2.53. The molecular formula is C44H55N6O10PSi. The van der Waals surface area contributed by atoms with Gasteiger partial charge in [-0.25, -0.2) is 4.98 Å². The predicted octanol–water partition coefficient (Wildman–Crippen LogP) is 7.73. The first-order chi connectivity index (χ1) is 29.5. The van der Waals surface area contributed by atoms with Crippen molar-refractivity contribution in [3.8, 4) is 17.6 Å². The molecule has 1 unspecified atom stereocenters. The minimum Gasteiger partial charge on any atom is -0.497 e. The maximum absolute atomic E-state index is 13.7. The van der Waals surface area contributed by atoms with E-state index in [-0.39, 0.29) is 47.7 Å². The lowest BCUT2D eigenvalue weighted by molar-refractivity contribution is -0.118. The molecule has 5 atom stereocenters. The van der Waals surface area contributed by atoms with Gasteiger partial charge < -0.3 is 27.9 Å². The van der Waals surface area contributed by atoms with Crippen molar-refractivity contribution in [3.63, 3.8) is 0 Å². The number of methoxy groups -OCH3 is 2. The maximum Gasteiger partial charge on any atom is 0.319 e. The summed E-state index contributed by atoms with van der Waals surface area (Å²) in [6.07, 6.45) is -2.78. The van der Waals surface area contributed by atoms with Crippen LogP contribution in [-0.4, -0.2) is 79.5 Å². The molecule has 1 fully saturated rings. The summed E-state index contributed by atoms with van der Waals surface area (Å²) < 4.78 is 59.6. The summed E-state index contributed by atoms with van der Waals surface area (Å²) in [5.74, 6) is 0.472. The Bertz CT molecular complexity index is 2380. The van der Waals surface area contributed by atoms with Crippen LogP contribution in [0.1, 0.15) is 64.0 Å². The van der Waals surface area contributed by atoms with E-state index < -0.39 is 58.2 Å². The molecule has 62 heavy (non-hydrogen) atoms. The Morgan fingerprint density at radius 3 is 2.11 bits per heavy atom. The van der Waals surface area contributed by atoms with Crippen LogP contribution in [0.5, 0.6) is 11.5 Å². The van der Waals surface area contributed by atoms with Gasteiger partial charge >= 0.3 is 8.25 Å². The number of amides is 1. The molecule has 330 valence electrons. The predicted molar refractivity (Wildman–Crippen MR) is 236 cm³/mol. The zero-order valence-electron chi connectivity index (χ0n) is 36.5. The summed E-state index contributed by atoms with van der Waals surface area (Å²) in [7, 11) is -2.77. The first kappa shape index (κ1) is 46.3. The Balaban J connectivity index is 1.52. The van der Waals surface area contributed by atoms with Crippen LogP contribution in [0.3, 0.4) is 0 Å². The molecule has 16 nitrogen and oxygen atoms in total. The Kier molecular flexibility index (Phi) is 14.5. The lowest BCUT2D eigenvalue weighted by Crippen LogP contribution is -2.50. The fraction of sp³-hybridized carbons (Fsp3) is 0.432. The number of hydrogen-bond donors (Lipinski definition) is 2. The highest BCUT2D eigenvalue weighted by atomic mass is 31.1. The largest absolute Gasteiger partial charge is 0.497 e. The molecule has 6 rings (SSSR count). The molecule has 5 aromatic rings. The van der Waals surface area contributed by atoms with Gasteiger partial charge in [0.15, 0.2) is 25.7 Å². The molecule has 18 heteroatoms. The Labute approximate surface area is 362 Å². The van der Waals surface area contributed by atoms with Crippen molar-refractivity contribution in [2.24, 2.45) is 5.92 Å². The van der Waals surface area contributed by atoms with Crippen LogP contribution in [0.15, 0.2) is 90.0 Å². The minimum absolute atomic E-state index is 0.00720. The molecule has 3 aromatic carbocycles. The van der Waals surface area contributed by atoms with E-state index in [9.17, 15) is 19.4 Å². The number of fused-ring (bicyclic) bond motifs is 1. The number of anilines is 1. The van der Waals surface area contributed by atoms with E-state index in [2.05, 4.69) is 54.1 Å². The van der Waals surface area contributed by atoms with Gasteiger partial charge in [0.1, 0.15) is 35.4 Å². The van der Waals surface area contributed by atoms with Crippen molar-refractivity contribution in [2.45, 2.75) is 89.3 Å².